The maximum Gasteiger partial charge on any atom is 0.271 e. The number of H-pyrrole nitrogens is 1. The van der Waals surface area contributed by atoms with Crippen LogP contribution in [0.2, 0.25) is 5.02 Å². The van der Waals surface area contributed by atoms with Gasteiger partial charge in [-0.05, 0) is 66.6 Å². The molecule has 0 bridgehead atoms. The summed E-state index contributed by atoms with van der Waals surface area (Å²) in [4.78, 5) is 16.1. The lowest BCUT2D eigenvalue weighted by atomic mass is 9.87. The first-order valence-corrected chi connectivity index (χ1v) is 10.3. The van der Waals surface area contributed by atoms with E-state index in [1.165, 1.54) is 38.1 Å². The van der Waals surface area contributed by atoms with E-state index in [2.05, 4.69) is 22.4 Å². The van der Waals surface area contributed by atoms with Crippen molar-refractivity contribution in [1.82, 2.24) is 10.4 Å². The van der Waals surface area contributed by atoms with Gasteiger partial charge in [0.1, 0.15) is 0 Å². The molecule has 156 valence electrons. The smallest absolute Gasteiger partial charge is 0.271 e. The number of halogens is 1. The van der Waals surface area contributed by atoms with Crippen LogP contribution in [0.4, 0.5) is 0 Å². The molecule has 2 aromatic carbocycles. The quantitative estimate of drug-likeness (QED) is 0.458. The van der Waals surface area contributed by atoms with Crippen molar-refractivity contribution in [1.29, 1.82) is 0 Å². The van der Waals surface area contributed by atoms with Crippen molar-refractivity contribution >= 4 is 34.6 Å². The molecule has 7 heteroatoms. The fraction of sp³-hybridized carbons (Fsp3) is 0.304. The molecule has 0 fully saturated rings. The number of hydrogen-bond donors (Lipinski definition) is 2. The maximum absolute atomic E-state index is 12.6. The molecule has 0 radical (unpaired) electrons. The molecule has 30 heavy (non-hydrogen) atoms. The van der Waals surface area contributed by atoms with Crippen molar-refractivity contribution in [3.63, 3.8) is 0 Å². The minimum Gasteiger partial charge on any atom is -0.493 e. The Balaban J connectivity index is 1.52. The number of benzene rings is 2. The van der Waals surface area contributed by atoms with Crippen LogP contribution in [0.1, 0.15) is 40.5 Å². The second-order valence-corrected chi connectivity index (χ2v) is 8.04. The van der Waals surface area contributed by atoms with E-state index in [4.69, 9.17) is 21.1 Å². The molecule has 1 aliphatic rings. The first-order valence-electron chi connectivity index (χ1n) is 9.88. The summed E-state index contributed by atoms with van der Waals surface area (Å²) in [5.74, 6) is 1.35. The molecule has 1 aliphatic carbocycles. The Labute approximate surface area is 180 Å². The number of ether oxygens (including phenoxy) is 2. The predicted molar refractivity (Wildman–Crippen MR) is 119 cm³/mol. The van der Waals surface area contributed by atoms with Crippen molar-refractivity contribution in [2.75, 3.05) is 14.2 Å². The molecule has 0 spiro atoms. The molecule has 1 heterocycles. The van der Waals surface area contributed by atoms with Crippen molar-refractivity contribution < 1.29 is 14.3 Å². The van der Waals surface area contributed by atoms with E-state index >= 15 is 0 Å². The van der Waals surface area contributed by atoms with Crippen LogP contribution in [0.25, 0.3) is 10.9 Å². The Kier molecular flexibility index (Phi) is 5.68. The number of aryl methyl sites for hydroxylation is 1. The SMILES string of the molecule is COc1cc(/C=N\NC(=O)c2ccc3[nH]c4c(c3c2)CC(C)CC4)cc(Cl)c1OC. The van der Waals surface area contributed by atoms with Crippen LogP contribution in [-0.4, -0.2) is 31.3 Å². The molecule has 4 rings (SSSR count). The molecule has 1 aromatic heterocycles. The van der Waals surface area contributed by atoms with Gasteiger partial charge in [-0.15, -0.1) is 0 Å². The maximum atomic E-state index is 12.6. The minimum absolute atomic E-state index is 0.265. The second kappa shape index (κ2) is 8.40. The van der Waals surface area contributed by atoms with Crippen molar-refractivity contribution in [2.24, 2.45) is 11.0 Å². The number of hydrazone groups is 1. The highest BCUT2D eigenvalue weighted by molar-refractivity contribution is 6.32. The van der Waals surface area contributed by atoms with E-state index in [0.29, 0.717) is 33.6 Å². The normalized spacial score (nSPS) is 15.9. The van der Waals surface area contributed by atoms with Gasteiger partial charge in [-0.1, -0.05) is 18.5 Å². The Morgan fingerprint density at radius 3 is 2.87 bits per heavy atom. The fourth-order valence-electron chi connectivity index (χ4n) is 3.97. The summed E-state index contributed by atoms with van der Waals surface area (Å²) in [5.41, 5.74) is 7.55. The molecule has 1 amide bonds. The van der Waals surface area contributed by atoms with Gasteiger partial charge in [-0.25, -0.2) is 5.43 Å². The van der Waals surface area contributed by atoms with Gasteiger partial charge in [0.2, 0.25) is 0 Å². The topological polar surface area (TPSA) is 75.7 Å². The second-order valence-electron chi connectivity index (χ2n) is 7.63. The average Bonchev–Trinajstić information content (AvgIpc) is 3.10. The van der Waals surface area contributed by atoms with E-state index in [1.807, 2.05) is 18.2 Å². The van der Waals surface area contributed by atoms with E-state index in [9.17, 15) is 4.79 Å². The zero-order valence-corrected chi connectivity index (χ0v) is 18.0. The number of fused-ring (bicyclic) bond motifs is 3. The Hall–Kier alpha value is -2.99. The van der Waals surface area contributed by atoms with Gasteiger partial charge < -0.3 is 14.5 Å². The van der Waals surface area contributed by atoms with Gasteiger partial charge in [-0.3, -0.25) is 4.79 Å². The fourth-order valence-corrected chi connectivity index (χ4v) is 4.27. The lowest BCUT2D eigenvalue weighted by molar-refractivity contribution is 0.0955. The van der Waals surface area contributed by atoms with Crippen molar-refractivity contribution in [3.8, 4) is 11.5 Å². The van der Waals surface area contributed by atoms with Crippen LogP contribution >= 0.6 is 11.6 Å². The molecule has 6 nitrogen and oxygen atoms in total. The monoisotopic (exact) mass is 425 g/mol. The summed E-state index contributed by atoms with van der Waals surface area (Å²) in [5, 5.41) is 5.60. The van der Waals surface area contributed by atoms with Crippen LogP contribution < -0.4 is 14.9 Å². The molecule has 0 saturated heterocycles. The first-order chi connectivity index (χ1) is 14.5. The number of aromatic amines is 1. The third-order valence-corrected chi connectivity index (χ3v) is 5.81. The number of amides is 1. The number of rotatable bonds is 5. The van der Waals surface area contributed by atoms with Crippen LogP contribution in [-0.2, 0) is 12.8 Å². The number of nitrogens with one attached hydrogen (secondary N) is 2. The summed E-state index contributed by atoms with van der Waals surface area (Å²) in [6.45, 7) is 2.27. The molecular formula is C23H24ClN3O3. The summed E-state index contributed by atoms with van der Waals surface area (Å²) in [7, 11) is 3.06. The number of carbonyl (C=O) groups excluding carboxylic acids is 1. The van der Waals surface area contributed by atoms with Crippen molar-refractivity contribution in [3.05, 3.63) is 57.7 Å². The third kappa shape index (κ3) is 3.87. The number of hydrogen-bond acceptors (Lipinski definition) is 4. The predicted octanol–water partition coefficient (Wildman–Crippen LogP) is 4.73. The highest BCUT2D eigenvalue weighted by atomic mass is 35.5. The highest BCUT2D eigenvalue weighted by Gasteiger charge is 2.20. The lowest BCUT2D eigenvalue weighted by Gasteiger charge is -2.18. The Bertz CT molecular complexity index is 1140. The molecule has 2 N–H and O–H groups in total. The number of carbonyl (C=O) groups is 1. The third-order valence-electron chi connectivity index (χ3n) is 5.53. The number of methoxy groups -OCH3 is 2. The van der Waals surface area contributed by atoms with E-state index < -0.39 is 0 Å². The molecule has 3 aromatic rings. The minimum atomic E-state index is -0.265. The molecular weight excluding hydrogens is 402 g/mol. The summed E-state index contributed by atoms with van der Waals surface area (Å²) >= 11 is 6.21. The summed E-state index contributed by atoms with van der Waals surface area (Å²) in [6, 6.07) is 9.15. The van der Waals surface area contributed by atoms with Crippen LogP contribution in [0, 0.1) is 5.92 Å². The van der Waals surface area contributed by atoms with Gasteiger partial charge in [0, 0.05) is 22.2 Å². The zero-order chi connectivity index (χ0) is 21.3. The molecule has 1 atom stereocenters. The van der Waals surface area contributed by atoms with Gasteiger partial charge in [-0.2, -0.15) is 5.10 Å². The number of aromatic nitrogens is 1. The molecule has 0 saturated carbocycles. The molecule has 1 unspecified atom stereocenters. The first kappa shape index (κ1) is 20.3. The largest absolute Gasteiger partial charge is 0.493 e. The van der Waals surface area contributed by atoms with Crippen molar-refractivity contribution in [2.45, 2.75) is 26.2 Å². The van der Waals surface area contributed by atoms with Gasteiger partial charge in [0.15, 0.2) is 11.5 Å². The van der Waals surface area contributed by atoms with E-state index in [0.717, 1.165) is 23.7 Å². The van der Waals surface area contributed by atoms with Crippen LogP contribution in [0.3, 0.4) is 0 Å². The highest BCUT2D eigenvalue weighted by Crippen LogP contribution is 2.35. The summed E-state index contributed by atoms with van der Waals surface area (Å²) < 4.78 is 10.5. The molecule has 0 aliphatic heterocycles. The van der Waals surface area contributed by atoms with Gasteiger partial charge in [0.25, 0.3) is 5.91 Å². The van der Waals surface area contributed by atoms with Crippen LogP contribution in [0.15, 0.2) is 35.4 Å². The standard InChI is InChI=1S/C23H24ClN3O3/c1-13-4-6-19-16(8-13)17-11-15(5-7-20(17)26-19)23(28)27-25-12-14-9-18(24)22(30-3)21(10-14)29-2/h5,7,9-13,26H,4,6,8H2,1-3H3,(H,27,28)/b25-12-. The zero-order valence-electron chi connectivity index (χ0n) is 17.2. The van der Waals surface area contributed by atoms with Gasteiger partial charge >= 0.3 is 0 Å². The van der Waals surface area contributed by atoms with E-state index in [1.54, 1.807) is 12.1 Å². The number of nitrogens with zero attached hydrogens (tertiary/aromatic N) is 1. The average molecular weight is 426 g/mol. The van der Waals surface area contributed by atoms with Gasteiger partial charge in [0.05, 0.1) is 25.5 Å². The summed E-state index contributed by atoms with van der Waals surface area (Å²) in [6.07, 6.45) is 4.82. The Morgan fingerprint density at radius 2 is 2.10 bits per heavy atom. The van der Waals surface area contributed by atoms with Crippen LogP contribution in [0.5, 0.6) is 11.5 Å². The lowest BCUT2D eigenvalue weighted by Crippen LogP contribution is -2.17. The van der Waals surface area contributed by atoms with E-state index in [-0.39, 0.29) is 5.91 Å². The Morgan fingerprint density at radius 1 is 1.27 bits per heavy atom.